The maximum Gasteiger partial charge on any atom is -0.0288 e. The summed E-state index contributed by atoms with van der Waals surface area (Å²) < 4.78 is 0. The third-order valence-electron chi connectivity index (χ3n) is 4.57. The Bertz CT molecular complexity index is 464. The summed E-state index contributed by atoms with van der Waals surface area (Å²) in [5, 5.41) is 0. The van der Waals surface area contributed by atoms with Crippen LogP contribution in [0.25, 0.3) is 0 Å². The number of hydrogen-bond acceptors (Lipinski definition) is 0. The Kier molecular flexibility index (Phi) is 18.5. The van der Waals surface area contributed by atoms with Crippen molar-refractivity contribution in [2.45, 2.75) is 105 Å². The molecule has 0 heterocycles. The first kappa shape index (κ1) is 25.7. The van der Waals surface area contributed by atoms with E-state index in [2.05, 4.69) is 83.2 Å². The van der Waals surface area contributed by atoms with Crippen LogP contribution in [0.4, 0.5) is 0 Å². The van der Waals surface area contributed by atoms with Gasteiger partial charge in [0.2, 0.25) is 0 Å². The second-order valence-corrected chi connectivity index (χ2v) is 8.34. The normalized spacial score (nSPS) is 12.9. The van der Waals surface area contributed by atoms with E-state index < -0.39 is 0 Å². The molecule has 0 atom stereocenters. The van der Waals surface area contributed by atoms with E-state index in [0.29, 0.717) is 0 Å². The fraction of sp³-hybridized carbons (Fsp3) is 0.630. The first-order chi connectivity index (χ1) is 13.0. The molecule has 0 aromatic rings. The molecule has 0 aromatic heterocycles. The van der Waals surface area contributed by atoms with Gasteiger partial charge in [-0.2, -0.15) is 0 Å². The zero-order chi connectivity index (χ0) is 20.2. The summed E-state index contributed by atoms with van der Waals surface area (Å²) >= 11 is 0. The summed E-state index contributed by atoms with van der Waals surface area (Å²) in [6, 6.07) is 0. The second-order valence-electron chi connectivity index (χ2n) is 8.34. The summed E-state index contributed by atoms with van der Waals surface area (Å²) in [5.41, 5.74) is 2.95. The summed E-state index contributed by atoms with van der Waals surface area (Å²) in [6.45, 7) is 11.2. The van der Waals surface area contributed by atoms with E-state index in [1.54, 1.807) is 0 Å². The molecule has 0 spiro atoms. The molecule has 0 rings (SSSR count). The first-order valence-electron chi connectivity index (χ1n) is 11.3. The Hall–Kier alpha value is -1.30. The van der Waals surface area contributed by atoms with Crippen LogP contribution in [-0.2, 0) is 0 Å². The van der Waals surface area contributed by atoms with Gasteiger partial charge in [0.1, 0.15) is 0 Å². The van der Waals surface area contributed by atoms with Gasteiger partial charge in [-0.3, -0.25) is 0 Å². The van der Waals surface area contributed by atoms with Crippen LogP contribution in [0.1, 0.15) is 105 Å². The highest BCUT2D eigenvalue weighted by Crippen LogP contribution is 2.09. The quantitative estimate of drug-likeness (QED) is 0.187. The van der Waals surface area contributed by atoms with Gasteiger partial charge in [-0.15, -0.1) is 0 Å². The predicted octanol–water partition coefficient (Wildman–Crippen LogP) is 9.51. The highest BCUT2D eigenvalue weighted by Gasteiger charge is 1.91. The monoisotopic (exact) mass is 370 g/mol. The minimum Gasteiger partial charge on any atom is -0.0885 e. The fourth-order valence-electron chi connectivity index (χ4n) is 2.85. The summed E-state index contributed by atoms with van der Waals surface area (Å²) in [7, 11) is 0. The average Bonchev–Trinajstić information content (AvgIpc) is 2.61. The molecule has 0 nitrogen and oxygen atoms in total. The van der Waals surface area contributed by atoms with E-state index in [9.17, 15) is 0 Å². The molecule has 0 aliphatic rings. The van der Waals surface area contributed by atoms with Gasteiger partial charge >= 0.3 is 0 Å². The number of rotatable bonds is 16. The van der Waals surface area contributed by atoms with Crippen molar-refractivity contribution in [1.82, 2.24) is 0 Å². The number of allylic oxidation sites excluding steroid dienone is 10. The van der Waals surface area contributed by atoms with Crippen LogP contribution < -0.4 is 0 Å². The van der Waals surface area contributed by atoms with Crippen molar-refractivity contribution in [3.05, 3.63) is 59.8 Å². The topological polar surface area (TPSA) is 0 Å². The van der Waals surface area contributed by atoms with Crippen molar-refractivity contribution in [2.75, 3.05) is 0 Å². The molecule has 154 valence electrons. The highest BCUT2D eigenvalue weighted by atomic mass is 14.0. The van der Waals surface area contributed by atoms with Crippen LogP contribution >= 0.6 is 0 Å². The third-order valence-corrected chi connectivity index (χ3v) is 4.57. The van der Waals surface area contributed by atoms with E-state index in [1.807, 2.05) is 0 Å². The molecule has 0 N–H and O–H groups in total. The van der Waals surface area contributed by atoms with Gasteiger partial charge < -0.3 is 0 Å². The average molecular weight is 371 g/mol. The molecule has 0 aromatic carbocycles. The number of unbranched alkanes of at least 4 members (excludes halogenated alkanes) is 4. The lowest BCUT2D eigenvalue weighted by Gasteiger charge is -2.00. The Labute approximate surface area is 171 Å². The summed E-state index contributed by atoms with van der Waals surface area (Å²) in [4.78, 5) is 0. The van der Waals surface area contributed by atoms with Crippen molar-refractivity contribution in [3.8, 4) is 0 Å². The zero-order valence-electron chi connectivity index (χ0n) is 19.0. The summed E-state index contributed by atoms with van der Waals surface area (Å²) in [6.07, 6.45) is 32.2. The smallest absolute Gasteiger partial charge is 0.0288 e. The van der Waals surface area contributed by atoms with E-state index in [0.717, 1.165) is 5.92 Å². The Morgan fingerprint density at radius 1 is 0.593 bits per heavy atom. The van der Waals surface area contributed by atoms with Gasteiger partial charge in [0.15, 0.2) is 0 Å². The lowest BCUT2D eigenvalue weighted by Crippen LogP contribution is -1.84. The molecule has 27 heavy (non-hydrogen) atoms. The first-order valence-corrected chi connectivity index (χ1v) is 11.3. The molecule has 0 amide bonds. The van der Waals surface area contributed by atoms with Crippen molar-refractivity contribution in [2.24, 2.45) is 5.92 Å². The Morgan fingerprint density at radius 2 is 1.07 bits per heavy atom. The van der Waals surface area contributed by atoms with Crippen LogP contribution in [0, 0.1) is 5.92 Å². The molecule has 0 heteroatoms. The fourth-order valence-corrected chi connectivity index (χ4v) is 2.85. The molecular weight excluding hydrogens is 324 g/mol. The molecule has 0 aliphatic carbocycles. The van der Waals surface area contributed by atoms with Crippen LogP contribution in [-0.4, -0.2) is 0 Å². The lowest BCUT2D eigenvalue weighted by atomic mass is 10.1. The largest absolute Gasteiger partial charge is 0.0885 e. The van der Waals surface area contributed by atoms with E-state index >= 15 is 0 Å². The predicted molar refractivity (Wildman–Crippen MR) is 126 cm³/mol. The second kappa shape index (κ2) is 19.5. The maximum absolute atomic E-state index is 2.41. The molecule has 0 unspecified atom stereocenters. The van der Waals surface area contributed by atoms with Crippen molar-refractivity contribution in [1.29, 1.82) is 0 Å². The minimum absolute atomic E-state index is 0.841. The zero-order valence-corrected chi connectivity index (χ0v) is 19.0. The minimum atomic E-state index is 0.841. The molecule has 0 aliphatic heterocycles. The van der Waals surface area contributed by atoms with E-state index in [1.165, 1.54) is 81.8 Å². The van der Waals surface area contributed by atoms with Gasteiger partial charge in [0.05, 0.1) is 0 Å². The van der Waals surface area contributed by atoms with Crippen LogP contribution in [0.15, 0.2) is 59.8 Å². The van der Waals surface area contributed by atoms with Gasteiger partial charge in [-0.1, -0.05) is 80.0 Å². The van der Waals surface area contributed by atoms with Crippen LogP contribution in [0.5, 0.6) is 0 Å². The Balaban J connectivity index is 3.57. The van der Waals surface area contributed by atoms with Crippen LogP contribution in [0.2, 0.25) is 0 Å². The SMILES string of the molecule is CC(C)=CCC/C=C/CC/C(C)=C\CC/C=C/CC/C=C\CCCC(C)C. The van der Waals surface area contributed by atoms with Crippen molar-refractivity contribution < 1.29 is 0 Å². The van der Waals surface area contributed by atoms with Crippen LogP contribution in [0.3, 0.4) is 0 Å². The molecule has 0 radical (unpaired) electrons. The van der Waals surface area contributed by atoms with E-state index in [4.69, 9.17) is 0 Å². The standard InChI is InChI=1S/C27H46/c1-25(2)21-17-13-10-8-6-7-9-11-15-19-23-27(5)24-20-16-12-14-18-22-26(3)4/h8-12,16,22-23,25H,6-7,13-15,17-21,24H2,1-5H3/b10-8-,11-9+,16-12+,27-23-. The van der Waals surface area contributed by atoms with E-state index in [-0.39, 0.29) is 0 Å². The molecule has 0 saturated heterocycles. The summed E-state index contributed by atoms with van der Waals surface area (Å²) in [5.74, 6) is 0.841. The van der Waals surface area contributed by atoms with Gasteiger partial charge in [0, 0.05) is 0 Å². The van der Waals surface area contributed by atoms with Gasteiger partial charge in [0.25, 0.3) is 0 Å². The van der Waals surface area contributed by atoms with Crippen molar-refractivity contribution >= 4 is 0 Å². The molecular formula is C27H46. The number of hydrogen-bond donors (Lipinski definition) is 0. The van der Waals surface area contributed by atoms with Gasteiger partial charge in [-0.05, 0) is 90.9 Å². The third kappa shape index (κ3) is 22.7. The van der Waals surface area contributed by atoms with Crippen molar-refractivity contribution in [3.63, 3.8) is 0 Å². The Morgan fingerprint density at radius 3 is 1.63 bits per heavy atom. The highest BCUT2D eigenvalue weighted by molar-refractivity contribution is 5.01. The molecule has 0 saturated carbocycles. The molecule has 0 bridgehead atoms. The van der Waals surface area contributed by atoms with Gasteiger partial charge in [-0.25, -0.2) is 0 Å². The lowest BCUT2D eigenvalue weighted by molar-refractivity contribution is 0.559. The molecule has 0 fully saturated rings. The maximum atomic E-state index is 2.41.